The number of urea groups is 1. The van der Waals surface area contributed by atoms with Crippen molar-refractivity contribution in [2.24, 2.45) is 10.9 Å². The van der Waals surface area contributed by atoms with Gasteiger partial charge in [0, 0.05) is 11.5 Å². The van der Waals surface area contributed by atoms with Crippen molar-refractivity contribution in [2.75, 3.05) is 11.9 Å². The highest BCUT2D eigenvalue weighted by molar-refractivity contribution is 6.22. The maximum absolute atomic E-state index is 12.4. The molecule has 1 atom stereocenters. The molecular formula is C17H18N4O4. The molecule has 0 saturated carbocycles. The number of carbonyl (C=O) groups excluding carboxylic acids is 3. The number of nitrogens with one attached hydrogen (secondary N) is 1. The Bertz CT molecular complexity index is 826. The largest absolute Gasteiger partial charge is 0.351 e. The van der Waals surface area contributed by atoms with Gasteiger partial charge in [-0.2, -0.15) is 4.99 Å². The Hall–Kier alpha value is -3.03. The number of aliphatic imine (C=N–C) groups is 1. The van der Waals surface area contributed by atoms with Crippen molar-refractivity contribution in [3.63, 3.8) is 0 Å². The average molecular weight is 342 g/mol. The van der Waals surface area contributed by atoms with Crippen LogP contribution in [-0.4, -0.2) is 40.2 Å². The molecule has 0 saturated heterocycles. The van der Waals surface area contributed by atoms with Gasteiger partial charge in [-0.3, -0.25) is 19.8 Å². The van der Waals surface area contributed by atoms with Crippen LogP contribution in [0.3, 0.4) is 0 Å². The number of imide groups is 1. The first-order chi connectivity index (χ1) is 11.8. The molecule has 1 aromatic heterocycles. The number of fused-ring (bicyclic) bond motifs is 1. The van der Waals surface area contributed by atoms with E-state index in [0.717, 1.165) is 4.90 Å². The highest BCUT2D eigenvalue weighted by Gasteiger charge is 2.36. The second kappa shape index (κ2) is 6.12. The summed E-state index contributed by atoms with van der Waals surface area (Å²) in [5.74, 6) is -1.50. The van der Waals surface area contributed by atoms with Gasteiger partial charge in [-0.05, 0) is 6.08 Å². The molecule has 2 heterocycles. The van der Waals surface area contributed by atoms with E-state index in [1.165, 1.54) is 0 Å². The predicted molar refractivity (Wildman–Crippen MR) is 90.1 cm³/mol. The third kappa shape index (κ3) is 3.42. The summed E-state index contributed by atoms with van der Waals surface area (Å²) in [6, 6.07) is 0.863. The van der Waals surface area contributed by atoms with Gasteiger partial charge in [0.15, 0.2) is 0 Å². The lowest BCUT2D eigenvalue weighted by Crippen LogP contribution is -2.48. The van der Waals surface area contributed by atoms with E-state index in [1.54, 1.807) is 30.4 Å². The highest BCUT2D eigenvalue weighted by Crippen LogP contribution is 2.24. The summed E-state index contributed by atoms with van der Waals surface area (Å²) in [6.45, 7) is 5.45. The minimum absolute atomic E-state index is 0.163. The molecule has 1 aromatic rings. The third-order valence-corrected chi connectivity index (χ3v) is 3.83. The normalized spacial score (nSPS) is 19.7. The lowest BCUT2D eigenvalue weighted by atomic mass is 9.92. The highest BCUT2D eigenvalue weighted by atomic mass is 16.5. The van der Waals surface area contributed by atoms with E-state index in [1.807, 2.05) is 20.8 Å². The van der Waals surface area contributed by atoms with Crippen LogP contribution in [0, 0.1) is 5.92 Å². The zero-order valence-corrected chi connectivity index (χ0v) is 14.1. The number of amides is 4. The lowest BCUT2D eigenvalue weighted by Gasteiger charge is -2.27. The SMILES string of the molecule is CC(C)(C)c1cc(NC(=O)CN2C(=O)N=C3C=CC=CC3C2=O)on1. The van der Waals surface area contributed by atoms with Crippen LogP contribution in [0.5, 0.6) is 0 Å². The van der Waals surface area contributed by atoms with Crippen LogP contribution in [0.1, 0.15) is 26.5 Å². The van der Waals surface area contributed by atoms with Crippen molar-refractivity contribution >= 4 is 29.4 Å². The molecule has 1 unspecified atom stereocenters. The monoisotopic (exact) mass is 342 g/mol. The van der Waals surface area contributed by atoms with E-state index in [4.69, 9.17) is 4.52 Å². The Morgan fingerprint density at radius 1 is 1.32 bits per heavy atom. The van der Waals surface area contributed by atoms with Gasteiger partial charge >= 0.3 is 6.03 Å². The van der Waals surface area contributed by atoms with Gasteiger partial charge in [-0.25, -0.2) is 4.79 Å². The van der Waals surface area contributed by atoms with Crippen molar-refractivity contribution in [2.45, 2.75) is 26.2 Å². The van der Waals surface area contributed by atoms with E-state index in [9.17, 15) is 14.4 Å². The number of carbonyl (C=O) groups is 3. The molecular weight excluding hydrogens is 324 g/mol. The van der Waals surface area contributed by atoms with Gasteiger partial charge in [-0.15, -0.1) is 0 Å². The van der Waals surface area contributed by atoms with Crippen molar-refractivity contribution in [1.82, 2.24) is 10.1 Å². The molecule has 25 heavy (non-hydrogen) atoms. The van der Waals surface area contributed by atoms with Crippen LogP contribution in [-0.2, 0) is 15.0 Å². The molecule has 0 aromatic carbocycles. The summed E-state index contributed by atoms with van der Waals surface area (Å²) in [4.78, 5) is 41.3. The maximum Gasteiger partial charge on any atom is 0.351 e. The molecule has 130 valence electrons. The molecule has 0 bridgehead atoms. The molecule has 0 radical (unpaired) electrons. The Morgan fingerprint density at radius 3 is 2.76 bits per heavy atom. The molecule has 1 aliphatic heterocycles. The summed E-state index contributed by atoms with van der Waals surface area (Å²) in [5.41, 5.74) is 0.845. The average Bonchev–Trinajstić information content (AvgIpc) is 3.00. The second-order valence-corrected chi connectivity index (χ2v) is 6.84. The molecule has 0 spiro atoms. The van der Waals surface area contributed by atoms with Crippen molar-refractivity contribution in [3.8, 4) is 0 Å². The van der Waals surface area contributed by atoms with E-state index in [0.29, 0.717) is 11.4 Å². The smallest absolute Gasteiger partial charge is 0.338 e. The second-order valence-electron chi connectivity index (χ2n) is 6.84. The first-order valence-electron chi connectivity index (χ1n) is 7.81. The fourth-order valence-electron chi connectivity index (χ4n) is 2.43. The maximum atomic E-state index is 12.4. The Labute approximate surface area is 144 Å². The zero-order valence-electron chi connectivity index (χ0n) is 14.1. The number of anilines is 1. The first kappa shape index (κ1) is 16.8. The fourth-order valence-corrected chi connectivity index (χ4v) is 2.43. The number of hydrogen-bond donors (Lipinski definition) is 1. The van der Waals surface area contributed by atoms with Crippen LogP contribution in [0.2, 0.25) is 0 Å². The molecule has 1 aliphatic carbocycles. The number of nitrogens with zero attached hydrogens (tertiary/aromatic N) is 3. The summed E-state index contributed by atoms with van der Waals surface area (Å²) in [5, 5.41) is 6.40. The molecule has 8 nitrogen and oxygen atoms in total. The number of aromatic nitrogens is 1. The quantitative estimate of drug-likeness (QED) is 0.905. The van der Waals surface area contributed by atoms with E-state index in [-0.39, 0.29) is 11.3 Å². The Morgan fingerprint density at radius 2 is 2.08 bits per heavy atom. The van der Waals surface area contributed by atoms with Crippen molar-refractivity contribution in [1.29, 1.82) is 0 Å². The molecule has 0 fully saturated rings. The molecule has 1 N–H and O–H groups in total. The topological polar surface area (TPSA) is 105 Å². The summed E-state index contributed by atoms with van der Waals surface area (Å²) >= 11 is 0. The van der Waals surface area contributed by atoms with Gasteiger partial charge in [0.1, 0.15) is 6.54 Å². The van der Waals surface area contributed by atoms with Gasteiger partial charge in [-0.1, -0.05) is 44.2 Å². The van der Waals surface area contributed by atoms with Gasteiger partial charge in [0.05, 0.1) is 17.3 Å². The summed E-state index contributed by atoms with van der Waals surface area (Å²) < 4.78 is 5.07. The van der Waals surface area contributed by atoms with Crippen LogP contribution in [0.15, 0.2) is 39.9 Å². The van der Waals surface area contributed by atoms with Gasteiger partial charge in [0.2, 0.25) is 17.7 Å². The van der Waals surface area contributed by atoms with E-state index < -0.39 is 30.3 Å². The zero-order chi connectivity index (χ0) is 18.2. The standard InChI is InChI=1S/C17H18N4O4/c1-17(2,3)12-8-14(25-20-12)19-13(22)9-21-15(23)10-6-4-5-7-11(10)18-16(21)24/h4-8,10H,9H2,1-3H3,(H,19,22). The van der Waals surface area contributed by atoms with Crippen LogP contribution in [0.4, 0.5) is 10.7 Å². The van der Waals surface area contributed by atoms with Crippen molar-refractivity contribution < 1.29 is 18.9 Å². The van der Waals surface area contributed by atoms with Crippen LogP contribution < -0.4 is 5.32 Å². The number of rotatable bonds is 3. The molecule has 4 amide bonds. The minimum Gasteiger partial charge on any atom is -0.338 e. The molecule has 2 aliphatic rings. The van der Waals surface area contributed by atoms with Crippen LogP contribution in [0.25, 0.3) is 0 Å². The summed E-state index contributed by atoms with van der Waals surface area (Å²) in [7, 11) is 0. The number of allylic oxidation sites excluding steroid dienone is 3. The van der Waals surface area contributed by atoms with E-state index >= 15 is 0 Å². The van der Waals surface area contributed by atoms with Gasteiger partial charge < -0.3 is 4.52 Å². The van der Waals surface area contributed by atoms with Gasteiger partial charge in [0.25, 0.3) is 0 Å². The van der Waals surface area contributed by atoms with Crippen LogP contribution >= 0.6 is 0 Å². The van der Waals surface area contributed by atoms with Crippen molar-refractivity contribution in [3.05, 3.63) is 36.1 Å². The third-order valence-electron chi connectivity index (χ3n) is 3.83. The van der Waals surface area contributed by atoms with E-state index in [2.05, 4.69) is 15.5 Å². The summed E-state index contributed by atoms with van der Waals surface area (Å²) in [6.07, 6.45) is 6.66. The first-order valence-corrected chi connectivity index (χ1v) is 7.81. The minimum atomic E-state index is -0.751. The molecule has 3 rings (SSSR count). The lowest BCUT2D eigenvalue weighted by molar-refractivity contribution is -0.132. The molecule has 8 heteroatoms. The number of hydrogen-bond acceptors (Lipinski definition) is 5. The fraction of sp³-hybridized carbons (Fsp3) is 0.353. The Balaban J connectivity index is 1.69. The predicted octanol–water partition coefficient (Wildman–Crippen LogP) is 2.06. The Kier molecular flexibility index (Phi) is 4.12.